The number of nitriles is 1. The number of anilines is 1. The Morgan fingerprint density at radius 3 is 2.56 bits per heavy atom. The highest BCUT2D eigenvalue weighted by molar-refractivity contribution is 7.90. The summed E-state index contributed by atoms with van der Waals surface area (Å²) in [6.07, 6.45) is 2.21. The molecule has 1 amide bonds. The summed E-state index contributed by atoms with van der Waals surface area (Å²) in [6.45, 7) is 0. The number of rotatable bonds is 7. The Balaban J connectivity index is 1.80. The molecule has 0 atom stereocenters. The first kappa shape index (κ1) is 24.8. The molecule has 0 bridgehead atoms. The topological polar surface area (TPSA) is 148 Å². The number of halogens is 1. The number of hydrogen-bond donors (Lipinski definition) is 1. The quantitative estimate of drug-likeness (QED) is 0.215. The van der Waals surface area contributed by atoms with Crippen molar-refractivity contribution >= 4 is 56.1 Å². The number of ether oxygens (including phenoxy) is 2. The van der Waals surface area contributed by atoms with Crippen molar-refractivity contribution in [3.05, 3.63) is 64.2 Å². The number of esters is 1. The Labute approximate surface area is 203 Å². The second kappa shape index (κ2) is 10.4. The van der Waals surface area contributed by atoms with Gasteiger partial charge < -0.3 is 9.47 Å². The lowest BCUT2D eigenvalue weighted by Crippen LogP contribution is -2.13. The van der Waals surface area contributed by atoms with Crippen molar-refractivity contribution in [3.63, 3.8) is 0 Å². The third-order valence-corrected chi connectivity index (χ3v) is 6.04. The van der Waals surface area contributed by atoms with Gasteiger partial charge in [0.25, 0.3) is 11.1 Å². The van der Waals surface area contributed by atoms with Gasteiger partial charge in [-0.05, 0) is 35.9 Å². The van der Waals surface area contributed by atoms with Crippen LogP contribution in [-0.2, 0) is 14.6 Å². The maximum atomic E-state index is 12.4. The number of benzene rings is 2. The Morgan fingerprint density at radius 1 is 1.21 bits per heavy atom. The molecule has 0 aliphatic heterocycles. The molecule has 1 N–H and O–H groups in total. The van der Waals surface area contributed by atoms with E-state index in [1.54, 1.807) is 24.3 Å². The summed E-state index contributed by atoms with van der Waals surface area (Å²) in [6, 6.07) is 12.6. The Kier molecular flexibility index (Phi) is 7.62. The lowest BCUT2D eigenvalue weighted by Gasteiger charge is -2.11. The van der Waals surface area contributed by atoms with Crippen molar-refractivity contribution < 1.29 is 27.5 Å². The lowest BCUT2D eigenvalue weighted by atomic mass is 10.1. The monoisotopic (exact) mass is 518 g/mol. The molecule has 10 nitrogen and oxygen atoms in total. The van der Waals surface area contributed by atoms with Crippen molar-refractivity contribution in [1.82, 2.24) is 9.36 Å². The maximum absolute atomic E-state index is 12.4. The van der Waals surface area contributed by atoms with E-state index in [4.69, 9.17) is 21.1 Å². The third kappa shape index (κ3) is 5.96. The number of sulfone groups is 1. The van der Waals surface area contributed by atoms with Crippen LogP contribution in [0.3, 0.4) is 0 Å². The molecule has 2 aromatic carbocycles. The third-order valence-electron chi connectivity index (χ3n) is 4.12. The van der Waals surface area contributed by atoms with Gasteiger partial charge in [0.05, 0.1) is 17.7 Å². The maximum Gasteiger partial charge on any atom is 0.345 e. The molecule has 34 heavy (non-hydrogen) atoms. The first-order chi connectivity index (χ1) is 16.1. The van der Waals surface area contributed by atoms with Gasteiger partial charge in [-0.25, -0.2) is 13.2 Å². The van der Waals surface area contributed by atoms with Gasteiger partial charge in [0, 0.05) is 17.8 Å². The lowest BCUT2D eigenvalue weighted by molar-refractivity contribution is -0.112. The number of methoxy groups -OCH3 is 1. The zero-order chi connectivity index (χ0) is 24.9. The fraction of sp³-hybridized carbons (Fsp3) is 0.0952. The average molecular weight is 519 g/mol. The van der Waals surface area contributed by atoms with Crippen LogP contribution in [0.5, 0.6) is 11.5 Å². The van der Waals surface area contributed by atoms with E-state index in [1.807, 2.05) is 0 Å². The van der Waals surface area contributed by atoms with Crippen LogP contribution in [0.4, 0.5) is 5.13 Å². The molecule has 0 fully saturated rings. The van der Waals surface area contributed by atoms with E-state index in [-0.39, 0.29) is 32.8 Å². The summed E-state index contributed by atoms with van der Waals surface area (Å²) >= 11 is 6.69. The van der Waals surface area contributed by atoms with Gasteiger partial charge in [0.2, 0.25) is 15.0 Å². The fourth-order valence-corrected chi connectivity index (χ4v) is 4.18. The average Bonchev–Trinajstić information content (AvgIpc) is 3.27. The van der Waals surface area contributed by atoms with Crippen LogP contribution in [0.2, 0.25) is 5.02 Å². The number of aromatic nitrogens is 2. The highest BCUT2D eigenvalue weighted by atomic mass is 35.5. The predicted octanol–water partition coefficient (Wildman–Crippen LogP) is 3.37. The molecule has 0 aliphatic rings. The second-order valence-corrected chi connectivity index (χ2v) is 9.63. The highest BCUT2D eigenvalue weighted by Crippen LogP contribution is 2.30. The minimum Gasteiger partial charge on any atom is -0.493 e. The van der Waals surface area contributed by atoms with Gasteiger partial charge in [-0.1, -0.05) is 29.8 Å². The fourth-order valence-electron chi connectivity index (χ4n) is 2.53. The van der Waals surface area contributed by atoms with E-state index in [2.05, 4.69) is 14.7 Å². The Hall–Kier alpha value is -3.79. The first-order valence-electron chi connectivity index (χ1n) is 9.24. The first-order valence-corrected chi connectivity index (χ1v) is 12.3. The van der Waals surface area contributed by atoms with E-state index in [1.165, 1.54) is 37.5 Å². The van der Waals surface area contributed by atoms with E-state index >= 15 is 0 Å². The molecule has 0 spiro atoms. The molecule has 174 valence electrons. The molecule has 13 heteroatoms. The van der Waals surface area contributed by atoms with Gasteiger partial charge in [-0.2, -0.15) is 14.6 Å². The number of nitrogens with zero attached hydrogens (tertiary/aromatic N) is 3. The van der Waals surface area contributed by atoms with Crippen LogP contribution >= 0.6 is 23.1 Å². The molecule has 3 rings (SSSR count). The smallest absolute Gasteiger partial charge is 0.345 e. The zero-order valence-electron chi connectivity index (χ0n) is 17.6. The highest BCUT2D eigenvalue weighted by Gasteiger charge is 2.18. The van der Waals surface area contributed by atoms with Crippen molar-refractivity contribution in [3.8, 4) is 17.6 Å². The largest absolute Gasteiger partial charge is 0.493 e. The molecule has 0 aliphatic carbocycles. The molecule has 1 heterocycles. The number of carbonyl (C=O) groups is 2. The van der Waals surface area contributed by atoms with Crippen molar-refractivity contribution in [2.45, 2.75) is 5.16 Å². The summed E-state index contributed by atoms with van der Waals surface area (Å²) in [7, 11) is -2.27. The standard InChI is InChI=1S/C21H15ClN4O6S2/c1-31-17-10-12(7-8-16(17)32-19(28)14-5-3-4-6-15(14)22)9-13(11-23)18(27)24-20-25-21(26-33-20)34(2,29)30/h3-10H,1-2H3,(H,24,25,26,27)/b13-9-. The van der Waals surface area contributed by atoms with Crippen molar-refractivity contribution in [1.29, 1.82) is 5.26 Å². The van der Waals surface area contributed by atoms with Crippen LogP contribution in [0, 0.1) is 11.3 Å². The summed E-state index contributed by atoms with van der Waals surface area (Å²) in [5.41, 5.74) is 0.281. The molecule has 3 aromatic rings. The Bertz CT molecular complexity index is 1440. The SMILES string of the molecule is COc1cc(/C=C(/C#N)C(=O)Nc2nc(S(C)(=O)=O)ns2)ccc1OC(=O)c1ccccc1Cl. The van der Waals surface area contributed by atoms with Crippen LogP contribution in [0.25, 0.3) is 6.08 Å². The molecule has 0 radical (unpaired) electrons. The van der Waals surface area contributed by atoms with Crippen molar-refractivity contribution in [2.24, 2.45) is 0 Å². The number of nitrogens with one attached hydrogen (secondary N) is 1. The number of amides is 1. The van der Waals surface area contributed by atoms with E-state index in [9.17, 15) is 23.3 Å². The second-order valence-electron chi connectivity index (χ2n) is 6.56. The van der Waals surface area contributed by atoms with Gasteiger partial charge in [0.1, 0.15) is 11.6 Å². The van der Waals surface area contributed by atoms with E-state index in [0.29, 0.717) is 17.1 Å². The summed E-state index contributed by atoms with van der Waals surface area (Å²) in [5.74, 6) is -1.22. The predicted molar refractivity (Wildman–Crippen MR) is 125 cm³/mol. The zero-order valence-corrected chi connectivity index (χ0v) is 20.0. The summed E-state index contributed by atoms with van der Waals surface area (Å²) < 4.78 is 37.2. The Morgan fingerprint density at radius 2 is 1.94 bits per heavy atom. The number of carbonyl (C=O) groups excluding carboxylic acids is 2. The van der Waals surface area contributed by atoms with Gasteiger partial charge >= 0.3 is 5.97 Å². The molecule has 0 unspecified atom stereocenters. The van der Waals surface area contributed by atoms with Crippen LogP contribution < -0.4 is 14.8 Å². The molecular formula is C21H15ClN4O6S2. The summed E-state index contributed by atoms with van der Waals surface area (Å²) in [4.78, 5) is 28.6. The van der Waals surface area contributed by atoms with E-state index in [0.717, 1.165) is 6.26 Å². The minimum absolute atomic E-state index is 0.0778. The van der Waals surface area contributed by atoms with Crippen LogP contribution in [0.15, 0.2) is 53.2 Å². The molecule has 1 aromatic heterocycles. The summed E-state index contributed by atoms with van der Waals surface area (Å²) in [5, 5.41) is 11.5. The molecule has 0 saturated heterocycles. The van der Waals surface area contributed by atoms with Crippen LogP contribution in [0.1, 0.15) is 15.9 Å². The van der Waals surface area contributed by atoms with Crippen LogP contribution in [-0.4, -0.2) is 43.0 Å². The van der Waals surface area contributed by atoms with Crippen molar-refractivity contribution in [2.75, 3.05) is 18.7 Å². The number of hydrogen-bond acceptors (Lipinski definition) is 10. The van der Waals surface area contributed by atoms with Gasteiger partial charge in [-0.15, -0.1) is 0 Å². The van der Waals surface area contributed by atoms with Gasteiger partial charge in [-0.3, -0.25) is 10.1 Å². The van der Waals surface area contributed by atoms with Gasteiger partial charge in [0.15, 0.2) is 11.5 Å². The minimum atomic E-state index is -3.63. The molecular weight excluding hydrogens is 504 g/mol. The normalized spacial score (nSPS) is 11.4. The van der Waals surface area contributed by atoms with E-state index < -0.39 is 26.9 Å². The molecule has 0 saturated carbocycles.